The third-order valence-corrected chi connectivity index (χ3v) is 7.27. The second-order valence-corrected chi connectivity index (χ2v) is 9.57. The van der Waals surface area contributed by atoms with Gasteiger partial charge in [-0.3, -0.25) is 14.2 Å². The first-order valence-electron chi connectivity index (χ1n) is 12.0. The molecule has 1 amide bonds. The molecule has 1 saturated heterocycles. The monoisotopic (exact) mass is 449 g/mol. The molecule has 0 unspecified atom stereocenters. The lowest BCUT2D eigenvalue weighted by Gasteiger charge is -2.30. The molecule has 5 rings (SSSR count). The Kier molecular flexibility index (Phi) is 5.91. The zero-order chi connectivity index (χ0) is 22.9. The Hall–Kier alpha value is -3.16. The summed E-state index contributed by atoms with van der Waals surface area (Å²) in [6, 6.07) is 9.87. The molecule has 3 heterocycles. The van der Waals surface area contributed by atoms with E-state index in [0.717, 1.165) is 48.7 Å². The lowest BCUT2D eigenvalue weighted by molar-refractivity contribution is -0.133. The zero-order valence-corrected chi connectivity index (χ0v) is 19.2. The van der Waals surface area contributed by atoms with Crippen LogP contribution < -0.4 is 11.2 Å². The number of benzene rings is 1. The number of amides is 1. The minimum absolute atomic E-state index is 0.168. The van der Waals surface area contributed by atoms with E-state index in [1.54, 1.807) is 15.8 Å². The van der Waals surface area contributed by atoms with Gasteiger partial charge in [0.05, 0.1) is 12.9 Å². The molecule has 1 aliphatic carbocycles. The van der Waals surface area contributed by atoms with E-state index < -0.39 is 11.2 Å². The van der Waals surface area contributed by atoms with Crippen LogP contribution in [0.5, 0.6) is 0 Å². The molecule has 0 bridgehead atoms. The van der Waals surface area contributed by atoms with Crippen molar-refractivity contribution in [2.75, 3.05) is 13.1 Å². The third kappa shape index (κ3) is 4.14. The number of aromatic nitrogens is 4. The minimum Gasteiger partial charge on any atom is -0.341 e. The third-order valence-electron chi connectivity index (χ3n) is 7.27. The summed E-state index contributed by atoms with van der Waals surface area (Å²) < 4.78 is 4.61. The average Bonchev–Trinajstić information content (AvgIpc) is 3.50. The number of nitrogens with zero attached hydrogens (tertiary/aromatic N) is 5. The van der Waals surface area contributed by atoms with Crippen LogP contribution in [0.3, 0.4) is 0 Å². The van der Waals surface area contributed by atoms with Gasteiger partial charge in [0.15, 0.2) is 11.2 Å². The molecule has 1 aliphatic heterocycles. The molecule has 2 aliphatic rings. The number of carbonyl (C=O) groups is 1. The number of imidazole rings is 1. The molecule has 0 N–H and O–H groups in total. The van der Waals surface area contributed by atoms with Crippen molar-refractivity contribution in [2.45, 2.75) is 64.6 Å². The van der Waals surface area contributed by atoms with Crippen LogP contribution in [-0.2, 0) is 17.9 Å². The van der Waals surface area contributed by atoms with Gasteiger partial charge in [0.1, 0.15) is 6.54 Å². The van der Waals surface area contributed by atoms with Gasteiger partial charge in [-0.15, -0.1) is 0 Å². The number of likely N-dealkylation sites (tertiary alicyclic amines) is 1. The Morgan fingerprint density at radius 2 is 1.70 bits per heavy atom. The summed E-state index contributed by atoms with van der Waals surface area (Å²) in [6.07, 6.45) is 7.82. The number of carbonyl (C=O) groups excluding carboxylic acids is 1. The summed E-state index contributed by atoms with van der Waals surface area (Å²) in [5, 5.41) is 0. The quantitative estimate of drug-likeness (QED) is 0.600. The fraction of sp³-hybridized carbons (Fsp3) is 0.520. The molecule has 2 fully saturated rings. The van der Waals surface area contributed by atoms with Gasteiger partial charge >= 0.3 is 5.69 Å². The number of piperidine rings is 1. The number of hydrogen-bond acceptors (Lipinski definition) is 4. The summed E-state index contributed by atoms with van der Waals surface area (Å²) in [4.78, 5) is 46.5. The lowest BCUT2D eigenvalue weighted by atomic mass is 9.99. The fourth-order valence-corrected chi connectivity index (χ4v) is 5.21. The predicted molar refractivity (Wildman–Crippen MR) is 126 cm³/mol. The van der Waals surface area contributed by atoms with Crippen molar-refractivity contribution in [1.29, 1.82) is 0 Å². The largest absolute Gasteiger partial charge is 0.341 e. The second-order valence-electron chi connectivity index (χ2n) is 9.57. The molecule has 0 radical (unpaired) electrons. The Morgan fingerprint density at radius 1 is 1.00 bits per heavy atom. The maximum Gasteiger partial charge on any atom is 0.333 e. The highest BCUT2D eigenvalue weighted by atomic mass is 16.2. The smallest absolute Gasteiger partial charge is 0.333 e. The van der Waals surface area contributed by atoms with Gasteiger partial charge in [0.25, 0.3) is 5.56 Å². The molecule has 0 atom stereocenters. The number of fused-ring (bicyclic) bond motifs is 1. The van der Waals surface area contributed by atoms with Gasteiger partial charge in [0.2, 0.25) is 5.91 Å². The highest BCUT2D eigenvalue weighted by molar-refractivity contribution is 5.77. The highest BCUT2D eigenvalue weighted by Crippen LogP contribution is 2.31. The topological polar surface area (TPSA) is 82.1 Å². The Morgan fingerprint density at radius 3 is 2.39 bits per heavy atom. The van der Waals surface area contributed by atoms with Gasteiger partial charge in [-0.25, -0.2) is 14.3 Å². The van der Waals surface area contributed by atoms with E-state index in [9.17, 15) is 14.4 Å². The van der Waals surface area contributed by atoms with Crippen LogP contribution in [-0.4, -0.2) is 42.6 Å². The Bertz CT molecular complexity index is 1260. The molecule has 8 heteroatoms. The molecule has 2 aromatic heterocycles. The van der Waals surface area contributed by atoms with E-state index in [1.807, 2.05) is 34.9 Å². The van der Waals surface area contributed by atoms with Crippen molar-refractivity contribution in [3.63, 3.8) is 0 Å². The molecule has 0 spiro atoms. The molecule has 3 aromatic rings. The maximum atomic E-state index is 13.6. The predicted octanol–water partition coefficient (Wildman–Crippen LogP) is 2.78. The van der Waals surface area contributed by atoms with Crippen molar-refractivity contribution in [2.24, 2.45) is 5.92 Å². The van der Waals surface area contributed by atoms with E-state index in [0.29, 0.717) is 36.7 Å². The first kappa shape index (κ1) is 21.7. The molecular formula is C25H31N5O3. The number of rotatable bonds is 5. The summed E-state index contributed by atoms with van der Waals surface area (Å²) >= 11 is 0. The van der Waals surface area contributed by atoms with Crippen LogP contribution in [0.2, 0.25) is 0 Å². The van der Waals surface area contributed by atoms with Crippen LogP contribution >= 0.6 is 0 Å². The van der Waals surface area contributed by atoms with Crippen molar-refractivity contribution >= 4 is 17.1 Å². The summed E-state index contributed by atoms with van der Waals surface area (Å²) in [5.74, 6) is 0.427. The van der Waals surface area contributed by atoms with Crippen molar-refractivity contribution in [3.05, 3.63) is 63.1 Å². The molecule has 1 aromatic carbocycles. The van der Waals surface area contributed by atoms with Gasteiger partial charge < -0.3 is 9.47 Å². The van der Waals surface area contributed by atoms with E-state index in [-0.39, 0.29) is 18.5 Å². The highest BCUT2D eigenvalue weighted by Gasteiger charge is 2.26. The Labute approximate surface area is 192 Å². The van der Waals surface area contributed by atoms with Crippen LogP contribution in [0.25, 0.3) is 11.2 Å². The minimum atomic E-state index is -0.480. The van der Waals surface area contributed by atoms with E-state index in [1.165, 1.54) is 0 Å². The second kappa shape index (κ2) is 9.00. The Balaban J connectivity index is 1.60. The van der Waals surface area contributed by atoms with E-state index >= 15 is 0 Å². The van der Waals surface area contributed by atoms with Crippen molar-refractivity contribution in [1.82, 2.24) is 23.6 Å². The first-order chi connectivity index (χ1) is 16.0. The first-order valence-corrected chi connectivity index (χ1v) is 12.0. The maximum absolute atomic E-state index is 13.6. The van der Waals surface area contributed by atoms with Gasteiger partial charge in [-0.05, 0) is 37.2 Å². The average molecular weight is 450 g/mol. The normalized spacial score (nSPS) is 17.8. The van der Waals surface area contributed by atoms with E-state index in [4.69, 9.17) is 0 Å². The molecule has 1 saturated carbocycles. The lowest BCUT2D eigenvalue weighted by Crippen LogP contribution is -2.47. The van der Waals surface area contributed by atoms with Crippen molar-refractivity contribution in [3.8, 4) is 0 Å². The summed E-state index contributed by atoms with van der Waals surface area (Å²) in [6.45, 7) is 3.61. The molecule has 174 valence electrons. The molecular weight excluding hydrogens is 418 g/mol. The van der Waals surface area contributed by atoms with Crippen LogP contribution in [0.15, 0.2) is 46.2 Å². The van der Waals surface area contributed by atoms with Crippen LogP contribution in [0.1, 0.15) is 57.1 Å². The van der Waals surface area contributed by atoms with E-state index in [2.05, 4.69) is 11.9 Å². The zero-order valence-electron chi connectivity index (χ0n) is 19.2. The van der Waals surface area contributed by atoms with Gasteiger partial charge in [0, 0.05) is 19.1 Å². The van der Waals surface area contributed by atoms with Crippen LogP contribution in [0, 0.1) is 5.92 Å². The molecule has 8 nitrogen and oxygen atoms in total. The van der Waals surface area contributed by atoms with Crippen molar-refractivity contribution < 1.29 is 4.79 Å². The van der Waals surface area contributed by atoms with Gasteiger partial charge in [-0.1, -0.05) is 50.1 Å². The SMILES string of the molecule is CC1CCN(C(=O)Cn2c(=O)c3c(ncn3C3CCCC3)n(Cc3ccccc3)c2=O)CC1. The standard InChI is InChI=1S/C25H31N5O3/c1-18-11-13-27(14-12-18)21(31)16-29-24(32)22-23(26-17-30(22)20-9-5-6-10-20)28(25(29)33)15-19-7-3-2-4-8-19/h2-4,7-8,17-18,20H,5-6,9-16H2,1H3. The molecule has 33 heavy (non-hydrogen) atoms. The fourth-order valence-electron chi connectivity index (χ4n) is 5.21. The summed E-state index contributed by atoms with van der Waals surface area (Å²) in [5.41, 5.74) is 0.876. The van der Waals surface area contributed by atoms with Gasteiger partial charge in [-0.2, -0.15) is 0 Å². The van der Waals surface area contributed by atoms with Crippen LogP contribution in [0.4, 0.5) is 0 Å². The summed E-state index contributed by atoms with van der Waals surface area (Å²) in [7, 11) is 0. The number of hydrogen-bond donors (Lipinski definition) is 0.